The largest absolute Gasteiger partial charge is 0.373 e. The predicted octanol–water partition coefficient (Wildman–Crippen LogP) is 1.73. The Morgan fingerprint density at radius 2 is 2.12 bits per heavy atom. The van der Waals surface area contributed by atoms with E-state index < -0.39 is 0 Å². The second kappa shape index (κ2) is 5.47. The smallest absolute Gasteiger partial charge is 0.125 e. The van der Waals surface area contributed by atoms with Gasteiger partial charge in [-0.2, -0.15) is 0 Å². The van der Waals surface area contributed by atoms with Crippen LogP contribution in [0.5, 0.6) is 0 Å². The zero-order chi connectivity index (χ0) is 12.3. The van der Waals surface area contributed by atoms with Crippen LogP contribution in [0.25, 0.3) is 0 Å². The normalized spacial score (nSPS) is 25.8. The molecule has 94 valence electrons. The fourth-order valence-corrected chi connectivity index (χ4v) is 2.38. The molecule has 4 nitrogen and oxygen atoms in total. The Bertz CT molecular complexity index is 359. The Morgan fingerprint density at radius 1 is 1.41 bits per heavy atom. The standard InChI is InChI=1S/C13H21N3O/c1-10-7-16(8-11(2)17-10)9-12-4-5-15-13(6-12)14-3/h4-6,10-11H,7-9H2,1-3H3,(H,14,15)/t10-,11+. The summed E-state index contributed by atoms with van der Waals surface area (Å²) < 4.78 is 5.73. The molecule has 0 radical (unpaired) electrons. The maximum Gasteiger partial charge on any atom is 0.125 e. The van der Waals surface area contributed by atoms with Crippen LogP contribution < -0.4 is 5.32 Å². The van der Waals surface area contributed by atoms with Crippen molar-refractivity contribution < 1.29 is 4.74 Å². The van der Waals surface area contributed by atoms with E-state index in [4.69, 9.17) is 4.74 Å². The lowest BCUT2D eigenvalue weighted by Gasteiger charge is -2.35. The lowest BCUT2D eigenvalue weighted by Crippen LogP contribution is -2.44. The molecule has 1 saturated heterocycles. The molecular formula is C13H21N3O. The molecule has 2 atom stereocenters. The first kappa shape index (κ1) is 12.3. The lowest BCUT2D eigenvalue weighted by molar-refractivity contribution is -0.0704. The van der Waals surface area contributed by atoms with Gasteiger partial charge in [0.05, 0.1) is 12.2 Å². The number of anilines is 1. The Labute approximate surface area is 103 Å². The molecule has 0 aromatic carbocycles. The van der Waals surface area contributed by atoms with E-state index in [1.54, 1.807) is 0 Å². The highest BCUT2D eigenvalue weighted by Gasteiger charge is 2.21. The van der Waals surface area contributed by atoms with Crippen LogP contribution in [0.4, 0.5) is 5.82 Å². The van der Waals surface area contributed by atoms with Gasteiger partial charge in [0.2, 0.25) is 0 Å². The van der Waals surface area contributed by atoms with E-state index in [1.807, 2.05) is 13.2 Å². The van der Waals surface area contributed by atoms with Gasteiger partial charge >= 0.3 is 0 Å². The van der Waals surface area contributed by atoms with Crippen molar-refractivity contribution in [2.24, 2.45) is 0 Å². The van der Waals surface area contributed by atoms with Crippen LogP contribution in [0.1, 0.15) is 19.4 Å². The zero-order valence-corrected chi connectivity index (χ0v) is 10.8. The number of ether oxygens (including phenoxy) is 1. The van der Waals surface area contributed by atoms with E-state index in [-0.39, 0.29) is 0 Å². The van der Waals surface area contributed by atoms with Crippen molar-refractivity contribution in [3.05, 3.63) is 23.9 Å². The van der Waals surface area contributed by atoms with Crippen LogP contribution in [0.2, 0.25) is 0 Å². The van der Waals surface area contributed by atoms with E-state index in [2.05, 4.69) is 41.2 Å². The molecule has 0 bridgehead atoms. The molecule has 1 aliphatic heterocycles. The van der Waals surface area contributed by atoms with Gasteiger partial charge in [0.25, 0.3) is 0 Å². The summed E-state index contributed by atoms with van der Waals surface area (Å²) in [5.41, 5.74) is 1.30. The summed E-state index contributed by atoms with van der Waals surface area (Å²) in [6.07, 6.45) is 2.50. The highest BCUT2D eigenvalue weighted by atomic mass is 16.5. The molecule has 2 rings (SSSR count). The third-order valence-electron chi connectivity index (χ3n) is 2.98. The quantitative estimate of drug-likeness (QED) is 0.866. The number of hydrogen-bond donors (Lipinski definition) is 1. The molecule has 1 fully saturated rings. The first-order valence-electron chi connectivity index (χ1n) is 6.18. The van der Waals surface area contributed by atoms with Crippen molar-refractivity contribution in [3.8, 4) is 0 Å². The van der Waals surface area contributed by atoms with Crippen molar-refractivity contribution in [1.29, 1.82) is 0 Å². The molecule has 2 heterocycles. The first-order valence-corrected chi connectivity index (χ1v) is 6.18. The topological polar surface area (TPSA) is 37.4 Å². The molecule has 1 N–H and O–H groups in total. The van der Waals surface area contributed by atoms with Gasteiger partial charge < -0.3 is 10.1 Å². The highest BCUT2D eigenvalue weighted by Crippen LogP contribution is 2.15. The SMILES string of the molecule is CNc1cc(CN2C[C@@H](C)O[C@@H](C)C2)ccn1. The molecule has 0 spiro atoms. The van der Waals surface area contributed by atoms with E-state index in [1.165, 1.54) is 5.56 Å². The molecule has 0 aliphatic carbocycles. The average Bonchev–Trinajstić information content (AvgIpc) is 2.28. The fourth-order valence-electron chi connectivity index (χ4n) is 2.38. The summed E-state index contributed by atoms with van der Waals surface area (Å²) in [6.45, 7) is 7.24. The maximum absolute atomic E-state index is 5.73. The molecule has 1 aliphatic rings. The predicted molar refractivity (Wildman–Crippen MR) is 69.1 cm³/mol. The number of nitrogens with one attached hydrogen (secondary N) is 1. The molecular weight excluding hydrogens is 214 g/mol. The van der Waals surface area contributed by atoms with Gasteiger partial charge in [0, 0.05) is 32.9 Å². The van der Waals surface area contributed by atoms with Crippen LogP contribution >= 0.6 is 0 Å². The Kier molecular flexibility index (Phi) is 3.97. The molecule has 0 saturated carbocycles. The lowest BCUT2D eigenvalue weighted by atomic mass is 10.2. The van der Waals surface area contributed by atoms with E-state index in [0.717, 1.165) is 25.5 Å². The van der Waals surface area contributed by atoms with Gasteiger partial charge in [-0.25, -0.2) is 4.98 Å². The molecule has 17 heavy (non-hydrogen) atoms. The van der Waals surface area contributed by atoms with Gasteiger partial charge in [-0.3, -0.25) is 4.90 Å². The maximum atomic E-state index is 5.73. The number of aromatic nitrogens is 1. The van der Waals surface area contributed by atoms with Crippen molar-refractivity contribution in [2.75, 3.05) is 25.5 Å². The van der Waals surface area contributed by atoms with Crippen LogP contribution in [0, 0.1) is 0 Å². The number of morpholine rings is 1. The number of rotatable bonds is 3. The molecule has 0 amide bonds. The van der Waals surface area contributed by atoms with Crippen LogP contribution in [0.3, 0.4) is 0 Å². The van der Waals surface area contributed by atoms with Crippen molar-refractivity contribution in [3.63, 3.8) is 0 Å². The van der Waals surface area contributed by atoms with Crippen LogP contribution in [0.15, 0.2) is 18.3 Å². The second-order valence-electron chi connectivity index (χ2n) is 4.75. The van der Waals surface area contributed by atoms with E-state index in [9.17, 15) is 0 Å². The summed E-state index contributed by atoms with van der Waals surface area (Å²) in [5, 5.41) is 3.07. The first-order chi connectivity index (χ1) is 8.17. The minimum Gasteiger partial charge on any atom is -0.373 e. The molecule has 4 heteroatoms. The van der Waals surface area contributed by atoms with Crippen LogP contribution in [-0.4, -0.2) is 42.2 Å². The van der Waals surface area contributed by atoms with Gasteiger partial charge in [-0.15, -0.1) is 0 Å². The Hall–Kier alpha value is -1.13. The third kappa shape index (κ3) is 3.41. The number of nitrogens with zero attached hydrogens (tertiary/aromatic N) is 2. The summed E-state index contributed by atoms with van der Waals surface area (Å²) in [6, 6.07) is 4.18. The molecule has 1 aromatic heterocycles. The van der Waals surface area contributed by atoms with E-state index >= 15 is 0 Å². The van der Waals surface area contributed by atoms with Crippen LogP contribution in [-0.2, 0) is 11.3 Å². The fraction of sp³-hybridized carbons (Fsp3) is 0.615. The third-order valence-corrected chi connectivity index (χ3v) is 2.98. The van der Waals surface area contributed by atoms with E-state index in [0.29, 0.717) is 12.2 Å². The van der Waals surface area contributed by atoms with Crippen molar-refractivity contribution in [2.45, 2.75) is 32.6 Å². The minimum atomic E-state index is 0.323. The second-order valence-corrected chi connectivity index (χ2v) is 4.75. The summed E-state index contributed by atoms with van der Waals surface area (Å²) in [4.78, 5) is 6.66. The summed E-state index contributed by atoms with van der Waals surface area (Å²) >= 11 is 0. The van der Waals surface area contributed by atoms with Crippen molar-refractivity contribution in [1.82, 2.24) is 9.88 Å². The van der Waals surface area contributed by atoms with Gasteiger partial charge in [-0.05, 0) is 31.5 Å². The average molecular weight is 235 g/mol. The zero-order valence-electron chi connectivity index (χ0n) is 10.8. The summed E-state index contributed by atoms with van der Waals surface area (Å²) in [5.74, 6) is 0.928. The minimum absolute atomic E-state index is 0.323. The molecule has 0 unspecified atom stereocenters. The van der Waals surface area contributed by atoms with Gasteiger partial charge in [0.15, 0.2) is 0 Å². The van der Waals surface area contributed by atoms with Crippen molar-refractivity contribution >= 4 is 5.82 Å². The Morgan fingerprint density at radius 3 is 2.76 bits per heavy atom. The molecule has 1 aromatic rings. The Balaban J connectivity index is 1.99. The summed E-state index contributed by atoms with van der Waals surface area (Å²) in [7, 11) is 1.89. The van der Waals surface area contributed by atoms with Gasteiger partial charge in [0.1, 0.15) is 5.82 Å². The monoisotopic (exact) mass is 235 g/mol. The number of pyridine rings is 1. The highest BCUT2D eigenvalue weighted by molar-refractivity contribution is 5.36. The van der Waals surface area contributed by atoms with Gasteiger partial charge in [-0.1, -0.05) is 0 Å². The number of hydrogen-bond acceptors (Lipinski definition) is 4.